The van der Waals surface area contributed by atoms with E-state index in [9.17, 15) is 4.79 Å². The Morgan fingerprint density at radius 2 is 2.31 bits per heavy atom. The van der Waals surface area contributed by atoms with Crippen molar-refractivity contribution < 1.29 is 14.6 Å². The molecule has 2 heterocycles. The largest absolute Gasteiger partial charge is 0.478 e. The van der Waals surface area contributed by atoms with Crippen LogP contribution in [0.3, 0.4) is 0 Å². The third kappa shape index (κ3) is 1.82. The number of nitrogens with zero attached hydrogens (tertiary/aromatic N) is 2. The second kappa shape index (κ2) is 4.25. The number of carboxylic acid groups (broad SMARTS) is 1. The molecule has 1 aliphatic heterocycles. The van der Waals surface area contributed by atoms with E-state index in [-0.39, 0.29) is 6.04 Å². The number of rotatable bonds is 2. The van der Waals surface area contributed by atoms with Crippen molar-refractivity contribution >= 4 is 5.97 Å². The average Bonchev–Trinajstić information content (AvgIpc) is 2.55. The van der Waals surface area contributed by atoms with Gasteiger partial charge in [-0.15, -0.1) is 0 Å². The van der Waals surface area contributed by atoms with Gasteiger partial charge in [0.25, 0.3) is 0 Å². The summed E-state index contributed by atoms with van der Waals surface area (Å²) in [7, 11) is 0. The van der Waals surface area contributed by atoms with Crippen LogP contribution in [-0.2, 0) is 4.74 Å². The fourth-order valence-electron chi connectivity index (χ4n) is 2.24. The summed E-state index contributed by atoms with van der Waals surface area (Å²) in [4.78, 5) is 11.1. The first-order valence-electron chi connectivity index (χ1n) is 5.48. The minimum absolute atomic E-state index is 0.181. The van der Waals surface area contributed by atoms with Crippen LogP contribution in [0.5, 0.6) is 0 Å². The zero-order chi connectivity index (χ0) is 11.7. The molecule has 88 valence electrons. The lowest BCUT2D eigenvalue weighted by Crippen LogP contribution is -2.23. The molecule has 16 heavy (non-hydrogen) atoms. The molecule has 0 aromatic carbocycles. The third-order valence-electron chi connectivity index (χ3n) is 3.02. The van der Waals surface area contributed by atoms with Crippen LogP contribution < -0.4 is 0 Å². The minimum Gasteiger partial charge on any atom is -0.478 e. The summed E-state index contributed by atoms with van der Waals surface area (Å²) in [5, 5.41) is 13.4. The van der Waals surface area contributed by atoms with Crippen molar-refractivity contribution in [3.05, 3.63) is 17.0 Å². The molecule has 1 aliphatic rings. The summed E-state index contributed by atoms with van der Waals surface area (Å²) in [6.45, 7) is 4.96. The number of carbonyl (C=O) groups is 1. The highest BCUT2D eigenvalue weighted by Crippen LogP contribution is 2.23. The van der Waals surface area contributed by atoms with Crippen molar-refractivity contribution in [2.24, 2.45) is 0 Å². The van der Waals surface area contributed by atoms with Gasteiger partial charge in [-0.2, -0.15) is 5.10 Å². The van der Waals surface area contributed by atoms with E-state index in [1.54, 1.807) is 18.5 Å². The predicted octanol–water partition coefficient (Wildman–Crippen LogP) is 1.55. The molecule has 1 atom stereocenters. The molecule has 0 radical (unpaired) electrons. The van der Waals surface area contributed by atoms with Gasteiger partial charge in [0.05, 0.1) is 24.0 Å². The first-order chi connectivity index (χ1) is 7.61. The van der Waals surface area contributed by atoms with Gasteiger partial charge < -0.3 is 9.84 Å². The first kappa shape index (κ1) is 11.1. The standard InChI is InChI=1S/C11H16N2O3/c1-7-10(11(14)15)8(2)13(12-7)9-4-3-5-16-6-9/h9H,3-6H2,1-2H3,(H,14,15). The lowest BCUT2D eigenvalue weighted by molar-refractivity contribution is 0.0539. The van der Waals surface area contributed by atoms with Crippen molar-refractivity contribution in [1.82, 2.24) is 9.78 Å². The minimum atomic E-state index is -0.905. The molecule has 2 rings (SSSR count). The molecule has 5 nitrogen and oxygen atoms in total. The zero-order valence-corrected chi connectivity index (χ0v) is 9.56. The second-order valence-electron chi connectivity index (χ2n) is 4.17. The van der Waals surface area contributed by atoms with Crippen LogP contribution in [0.4, 0.5) is 0 Å². The topological polar surface area (TPSA) is 64.4 Å². The molecule has 0 spiro atoms. The molecule has 1 aromatic heterocycles. The van der Waals surface area contributed by atoms with Crippen LogP contribution >= 0.6 is 0 Å². The maximum absolute atomic E-state index is 11.1. The van der Waals surface area contributed by atoms with Crippen molar-refractivity contribution in [1.29, 1.82) is 0 Å². The highest BCUT2D eigenvalue weighted by molar-refractivity contribution is 5.90. The van der Waals surface area contributed by atoms with E-state index < -0.39 is 5.97 Å². The number of ether oxygens (including phenoxy) is 1. The van der Waals surface area contributed by atoms with E-state index in [0.717, 1.165) is 25.1 Å². The molecule has 1 unspecified atom stereocenters. The average molecular weight is 224 g/mol. The quantitative estimate of drug-likeness (QED) is 0.827. The summed E-state index contributed by atoms with van der Waals surface area (Å²) < 4.78 is 7.20. The van der Waals surface area contributed by atoms with Gasteiger partial charge in [-0.1, -0.05) is 0 Å². The summed E-state index contributed by atoms with van der Waals surface area (Å²) in [5.41, 5.74) is 1.63. The van der Waals surface area contributed by atoms with Crippen LogP contribution in [0.2, 0.25) is 0 Å². The Labute approximate surface area is 94.0 Å². The van der Waals surface area contributed by atoms with Crippen LogP contribution in [0.15, 0.2) is 0 Å². The second-order valence-corrected chi connectivity index (χ2v) is 4.17. The molecule has 5 heteroatoms. The Hall–Kier alpha value is -1.36. The summed E-state index contributed by atoms with van der Waals surface area (Å²) in [5.74, 6) is -0.905. The van der Waals surface area contributed by atoms with Gasteiger partial charge in [0.1, 0.15) is 5.56 Å². The summed E-state index contributed by atoms with van der Waals surface area (Å²) >= 11 is 0. The van der Waals surface area contributed by atoms with Gasteiger partial charge in [-0.25, -0.2) is 4.79 Å². The van der Waals surface area contributed by atoms with Gasteiger partial charge in [-0.05, 0) is 26.7 Å². The number of carboxylic acids is 1. The molecule has 1 fully saturated rings. The molecule has 0 saturated carbocycles. The Kier molecular flexibility index (Phi) is 2.96. The van der Waals surface area contributed by atoms with Crippen molar-refractivity contribution in [3.8, 4) is 0 Å². The van der Waals surface area contributed by atoms with E-state index >= 15 is 0 Å². The van der Waals surface area contributed by atoms with Crippen LogP contribution in [-0.4, -0.2) is 34.1 Å². The Bertz CT molecular complexity index is 406. The summed E-state index contributed by atoms with van der Waals surface area (Å²) in [6, 6.07) is 0.181. The fraction of sp³-hybridized carbons (Fsp3) is 0.636. The van der Waals surface area contributed by atoms with Crippen molar-refractivity contribution in [2.45, 2.75) is 32.7 Å². The SMILES string of the molecule is Cc1nn(C2CCCOC2)c(C)c1C(=O)O. The van der Waals surface area contributed by atoms with Crippen LogP contribution in [0.25, 0.3) is 0 Å². The smallest absolute Gasteiger partial charge is 0.339 e. The normalized spacial score (nSPS) is 21.0. The molecular formula is C11H16N2O3. The maximum Gasteiger partial charge on any atom is 0.339 e. The van der Waals surface area contributed by atoms with Crippen molar-refractivity contribution in [2.75, 3.05) is 13.2 Å². The molecule has 1 N–H and O–H groups in total. The number of aryl methyl sites for hydroxylation is 1. The molecule has 1 aromatic rings. The Balaban J connectivity index is 2.34. The number of hydrogen-bond donors (Lipinski definition) is 1. The van der Waals surface area contributed by atoms with E-state index in [1.807, 2.05) is 0 Å². The van der Waals surface area contributed by atoms with Gasteiger partial charge in [0.2, 0.25) is 0 Å². The van der Waals surface area contributed by atoms with E-state index in [0.29, 0.717) is 17.9 Å². The molecular weight excluding hydrogens is 208 g/mol. The Morgan fingerprint density at radius 3 is 2.81 bits per heavy atom. The number of hydrogen-bond acceptors (Lipinski definition) is 3. The lowest BCUT2D eigenvalue weighted by atomic mass is 10.1. The Morgan fingerprint density at radius 1 is 1.56 bits per heavy atom. The maximum atomic E-state index is 11.1. The van der Waals surface area contributed by atoms with Gasteiger partial charge in [-0.3, -0.25) is 4.68 Å². The van der Waals surface area contributed by atoms with Crippen molar-refractivity contribution in [3.63, 3.8) is 0 Å². The van der Waals surface area contributed by atoms with Crippen LogP contribution in [0.1, 0.15) is 40.6 Å². The first-order valence-corrected chi connectivity index (χ1v) is 5.48. The van der Waals surface area contributed by atoms with Gasteiger partial charge >= 0.3 is 5.97 Å². The van der Waals surface area contributed by atoms with E-state index in [4.69, 9.17) is 9.84 Å². The number of aromatic nitrogens is 2. The highest BCUT2D eigenvalue weighted by Gasteiger charge is 2.23. The highest BCUT2D eigenvalue weighted by atomic mass is 16.5. The summed E-state index contributed by atoms with van der Waals surface area (Å²) in [6.07, 6.45) is 2.01. The molecule has 0 bridgehead atoms. The number of aromatic carboxylic acids is 1. The van der Waals surface area contributed by atoms with E-state index in [1.165, 1.54) is 0 Å². The third-order valence-corrected chi connectivity index (χ3v) is 3.02. The lowest BCUT2D eigenvalue weighted by Gasteiger charge is -2.23. The fourth-order valence-corrected chi connectivity index (χ4v) is 2.24. The van der Waals surface area contributed by atoms with Crippen LogP contribution in [0, 0.1) is 13.8 Å². The van der Waals surface area contributed by atoms with E-state index in [2.05, 4.69) is 5.10 Å². The van der Waals surface area contributed by atoms with Gasteiger partial charge in [0.15, 0.2) is 0 Å². The molecule has 0 aliphatic carbocycles. The molecule has 1 saturated heterocycles. The molecule has 0 amide bonds. The monoisotopic (exact) mass is 224 g/mol. The van der Waals surface area contributed by atoms with Gasteiger partial charge in [0, 0.05) is 6.61 Å². The predicted molar refractivity (Wildman–Crippen MR) is 57.8 cm³/mol. The zero-order valence-electron chi connectivity index (χ0n) is 9.56.